The number of anilines is 1. The lowest BCUT2D eigenvalue weighted by molar-refractivity contribution is 0.318. The maximum atomic E-state index is 13.3. The Bertz CT molecular complexity index is 676. The van der Waals surface area contributed by atoms with Crippen LogP contribution >= 0.6 is 15.9 Å². The zero-order valence-corrected chi connectivity index (χ0v) is 13.0. The van der Waals surface area contributed by atoms with E-state index in [9.17, 15) is 4.39 Å². The van der Waals surface area contributed by atoms with Crippen molar-refractivity contribution < 1.29 is 9.60 Å². The van der Waals surface area contributed by atoms with E-state index >= 15 is 0 Å². The third kappa shape index (κ3) is 3.52. The molecule has 0 fully saturated rings. The van der Waals surface area contributed by atoms with E-state index in [1.54, 1.807) is 18.2 Å². The second kappa shape index (κ2) is 6.58. The Morgan fingerprint density at radius 2 is 2.05 bits per heavy atom. The Morgan fingerprint density at radius 3 is 2.71 bits per heavy atom. The SMILES string of the molecule is CN(Cc1ccc(F)c(Br)c1)c1ccccc1/C(N)=N/O. The van der Waals surface area contributed by atoms with Crippen LogP contribution in [0, 0.1) is 5.82 Å². The third-order valence-corrected chi connectivity index (χ3v) is 3.71. The molecule has 0 aliphatic carbocycles. The Kier molecular flexibility index (Phi) is 4.80. The predicted octanol–water partition coefficient (Wildman–Crippen LogP) is 3.32. The van der Waals surface area contributed by atoms with Crippen molar-refractivity contribution in [2.45, 2.75) is 6.54 Å². The smallest absolute Gasteiger partial charge is 0.172 e. The number of hydrogen-bond donors (Lipinski definition) is 2. The molecule has 0 bridgehead atoms. The fraction of sp³-hybridized carbons (Fsp3) is 0.133. The van der Waals surface area contributed by atoms with Crippen LogP contribution in [-0.4, -0.2) is 18.1 Å². The summed E-state index contributed by atoms with van der Waals surface area (Å²) in [5, 5.41) is 11.9. The first-order chi connectivity index (χ1) is 10.0. The Morgan fingerprint density at radius 1 is 1.33 bits per heavy atom. The largest absolute Gasteiger partial charge is 0.409 e. The number of benzene rings is 2. The van der Waals surface area contributed by atoms with Gasteiger partial charge in [0.2, 0.25) is 0 Å². The number of amidine groups is 1. The lowest BCUT2D eigenvalue weighted by Gasteiger charge is -2.22. The van der Waals surface area contributed by atoms with Crippen LogP contribution in [-0.2, 0) is 6.54 Å². The van der Waals surface area contributed by atoms with Crippen molar-refractivity contribution in [3.63, 3.8) is 0 Å². The van der Waals surface area contributed by atoms with Crippen molar-refractivity contribution in [1.82, 2.24) is 0 Å². The lowest BCUT2D eigenvalue weighted by Crippen LogP contribution is -2.22. The summed E-state index contributed by atoms with van der Waals surface area (Å²) in [6.45, 7) is 0.564. The van der Waals surface area contributed by atoms with E-state index in [1.165, 1.54) is 6.07 Å². The molecule has 0 aromatic heterocycles. The summed E-state index contributed by atoms with van der Waals surface area (Å²) >= 11 is 3.18. The van der Waals surface area contributed by atoms with Gasteiger partial charge in [-0.25, -0.2) is 4.39 Å². The van der Waals surface area contributed by atoms with Crippen LogP contribution in [0.15, 0.2) is 52.1 Å². The quantitative estimate of drug-likeness (QED) is 0.384. The van der Waals surface area contributed by atoms with Crippen LogP contribution in [0.5, 0.6) is 0 Å². The number of nitrogens with two attached hydrogens (primary N) is 1. The number of halogens is 2. The molecule has 0 aliphatic rings. The zero-order valence-electron chi connectivity index (χ0n) is 11.4. The van der Waals surface area contributed by atoms with Crippen LogP contribution in [0.25, 0.3) is 0 Å². The molecule has 0 amide bonds. The Labute approximate surface area is 130 Å². The molecule has 4 nitrogen and oxygen atoms in total. The highest BCUT2D eigenvalue weighted by atomic mass is 79.9. The average molecular weight is 352 g/mol. The summed E-state index contributed by atoms with van der Waals surface area (Å²) in [4.78, 5) is 1.95. The van der Waals surface area contributed by atoms with Gasteiger partial charge >= 0.3 is 0 Å². The molecule has 0 aliphatic heterocycles. The molecule has 2 rings (SSSR count). The first-order valence-electron chi connectivity index (χ1n) is 6.25. The molecule has 0 atom stereocenters. The molecular weight excluding hydrogens is 337 g/mol. The summed E-state index contributed by atoms with van der Waals surface area (Å²) in [5.74, 6) is -0.240. The topological polar surface area (TPSA) is 61.8 Å². The van der Waals surface area contributed by atoms with Gasteiger partial charge in [-0.05, 0) is 45.8 Å². The van der Waals surface area contributed by atoms with Gasteiger partial charge in [0.15, 0.2) is 5.84 Å². The minimum Gasteiger partial charge on any atom is -0.409 e. The highest BCUT2D eigenvalue weighted by Gasteiger charge is 2.11. The molecule has 0 unspecified atom stereocenters. The molecule has 0 radical (unpaired) electrons. The molecule has 21 heavy (non-hydrogen) atoms. The van der Waals surface area contributed by atoms with Crippen LogP contribution in [0.3, 0.4) is 0 Å². The molecule has 0 saturated heterocycles. The van der Waals surface area contributed by atoms with Crippen molar-refractivity contribution in [2.24, 2.45) is 10.9 Å². The summed E-state index contributed by atoms with van der Waals surface area (Å²) in [6, 6.07) is 12.2. The number of rotatable bonds is 4. The highest BCUT2D eigenvalue weighted by Crippen LogP contribution is 2.23. The molecule has 2 aromatic rings. The average Bonchev–Trinajstić information content (AvgIpc) is 2.50. The summed E-state index contributed by atoms with van der Waals surface area (Å²) in [5.41, 5.74) is 8.10. The van der Waals surface area contributed by atoms with E-state index in [-0.39, 0.29) is 11.7 Å². The van der Waals surface area contributed by atoms with Crippen molar-refractivity contribution in [3.05, 3.63) is 63.9 Å². The van der Waals surface area contributed by atoms with Crippen LogP contribution in [0.2, 0.25) is 0 Å². The predicted molar refractivity (Wildman–Crippen MR) is 85.2 cm³/mol. The van der Waals surface area contributed by atoms with Gasteiger partial charge < -0.3 is 15.8 Å². The van der Waals surface area contributed by atoms with Gasteiger partial charge in [-0.1, -0.05) is 23.4 Å². The fourth-order valence-corrected chi connectivity index (χ4v) is 2.50. The van der Waals surface area contributed by atoms with E-state index in [1.807, 2.05) is 30.1 Å². The Balaban J connectivity index is 2.28. The van der Waals surface area contributed by atoms with Gasteiger partial charge in [0.1, 0.15) is 5.82 Å². The molecule has 3 N–H and O–H groups in total. The maximum Gasteiger partial charge on any atom is 0.172 e. The first-order valence-corrected chi connectivity index (χ1v) is 7.04. The highest BCUT2D eigenvalue weighted by molar-refractivity contribution is 9.10. The van der Waals surface area contributed by atoms with Crippen molar-refractivity contribution in [1.29, 1.82) is 0 Å². The maximum absolute atomic E-state index is 13.3. The molecule has 6 heteroatoms. The summed E-state index contributed by atoms with van der Waals surface area (Å²) in [6.07, 6.45) is 0. The number of oxime groups is 1. The van der Waals surface area contributed by atoms with Crippen LogP contribution in [0.1, 0.15) is 11.1 Å². The van der Waals surface area contributed by atoms with E-state index < -0.39 is 0 Å². The van der Waals surface area contributed by atoms with Gasteiger partial charge in [-0.2, -0.15) is 0 Å². The number of para-hydroxylation sites is 1. The normalized spacial score (nSPS) is 11.5. The number of nitrogens with zero attached hydrogens (tertiary/aromatic N) is 2. The molecule has 0 saturated carbocycles. The molecule has 0 spiro atoms. The molecular formula is C15H15BrFN3O. The zero-order chi connectivity index (χ0) is 15.4. The third-order valence-electron chi connectivity index (χ3n) is 3.10. The van der Waals surface area contributed by atoms with Gasteiger partial charge in [0, 0.05) is 24.8 Å². The van der Waals surface area contributed by atoms with Crippen molar-refractivity contribution >= 4 is 27.5 Å². The summed E-state index contributed by atoms with van der Waals surface area (Å²) < 4.78 is 13.7. The monoisotopic (exact) mass is 351 g/mol. The first kappa shape index (κ1) is 15.3. The second-order valence-corrected chi connectivity index (χ2v) is 5.46. The molecule has 0 heterocycles. The van der Waals surface area contributed by atoms with Crippen LogP contribution in [0.4, 0.5) is 10.1 Å². The fourth-order valence-electron chi connectivity index (χ4n) is 2.07. The lowest BCUT2D eigenvalue weighted by atomic mass is 10.1. The van der Waals surface area contributed by atoms with E-state index in [0.29, 0.717) is 16.6 Å². The van der Waals surface area contributed by atoms with Crippen LogP contribution < -0.4 is 10.6 Å². The van der Waals surface area contributed by atoms with Gasteiger partial charge in [-0.15, -0.1) is 0 Å². The second-order valence-electron chi connectivity index (χ2n) is 4.61. The van der Waals surface area contributed by atoms with Gasteiger partial charge in [0.05, 0.1) is 4.47 Å². The van der Waals surface area contributed by atoms with Crippen molar-refractivity contribution in [3.8, 4) is 0 Å². The standard InChI is InChI=1S/C15H15BrFN3O/c1-20(9-10-6-7-13(17)12(16)8-10)14-5-3-2-4-11(14)15(18)19-21/h2-8,21H,9H2,1H3,(H2,18,19). The Hall–Kier alpha value is -2.08. The molecule has 110 valence electrons. The minimum absolute atomic E-state index is 0.0535. The van der Waals surface area contributed by atoms with Crippen molar-refractivity contribution in [2.75, 3.05) is 11.9 Å². The summed E-state index contributed by atoms with van der Waals surface area (Å²) in [7, 11) is 1.89. The van der Waals surface area contributed by atoms with E-state index in [0.717, 1.165) is 11.3 Å². The van der Waals surface area contributed by atoms with E-state index in [4.69, 9.17) is 10.9 Å². The minimum atomic E-state index is -0.293. The van der Waals surface area contributed by atoms with Gasteiger partial charge in [0.25, 0.3) is 0 Å². The number of hydrogen-bond acceptors (Lipinski definition) is 3. The van der Waals surface area contributed by atoms with Gasteiger partial charge in [-0.3, -0.25) is 0 Å². The van der Waals surface area contributed by atoms with E-state index in [2.05, 4.69) is 21.1 Å². The molecule has 2 aromatic carbocycles.